The molecule has 0 unspecified atom stereocenters. The highest BCUT2D eigenvalue weighted by Crippen LogP contribution is 2.83. The zero-order valence-corrected chi connectivity index (χ0v) is 18.5. The third kappa shape index (κ3) is 1.41. The summed E-state index contributed by atoms with van der Waals surface area (Å²) in [6.45, 7) is 0. The van der Waals surface area contributed by atoms with Crippen LogP contribution in [0.2, 0.25) is 0 Å². The SMILES string of the molecule is ClC1=C(Cl)[C@@]2(Cl)[C@H]3[C@@H]4C[C@@H]([C@H](I)[C@@H]4I)[C@H]3[C@@]1(Cl)C2(Cl)Cl. The van der Waals surface area contributed by atoms with E-state index >= 15 is 0 Å². The number of rotatable bonds is 0. The van der Waals surface area contributed by atoms with Gasteiger partial charge in [0, 0.05) is 7.85 Å². The molecule has 0 aromatic rings. The Hall–Kier alpha value is 2.94. The van der Waals surface area contributed by atoms with Crippen molar-refractivity contribution in [3.63, 3.8) is 0 Å². The van der Waals surface area contributed by atoms with Crippen molar-refractivity contribution in [2.24, 2.45) is 23.7 Å². The van der Waals surface area contributed by atoms with Crippen molar-refractivity contribution in [3.8, 4) is 0 Å². The van der Waals surface area contributed by atoms with E-state index in [1.54, 1.807) is 0 Å². The first kappa shape index (κ1) is 16.4. The van der Waals surface area contributed by atoms with Gasteiger partial charge >= 0.3 is 0 Å². The Bertz CT molecular complexity index is 506. The lowest BCUT2D eigenvalue weighted by Gasteiger charge is -2.43. The van der Waals surface area contributed by atoms with Gasteiger partial charge in [0.1, 0.15) is 9.75 Å². The molecule has 0 radical (unpaired) electrons. The molecule has 3 saturated carbocycles. The van der Waals surface area contributed by atoms with E-state index in [4.69, 9.17) is 69.6 Å². The molecule has 4 aliphatic rings. The molecule has 0 heterocycles. The van der Waals surface area contributed by atoms with Crippen molar-refractivity contribution in [1.82, 2.24) is 0 Å². The number of hydrogen-bond acceptors (Lipinski definition) is 0. The second-order valence-corrected chi connectivity index (χ2v) is 12.3. The van der Waals surface area contributed by atoms with E-state index in [0.29, 0.717) is 29.7 Å². The van der Waals surface area contributed by atoms with Gasteiger partial charge in [0.2, 0.25) is 0 Å². The fraction of sp³-hybridized carbons (Fsp3) is 0.833. The third-order valence-electron chi connectivity index (χ3n) is 5.64. The molecule has 20 heavy (non-hydrogen) atoms. The first-order valence-corrected chi connectivity index (χ1v) is 11.0. The van der Waals surface area contributed by atoms with E-state index < -0.39 is 14.1 Å². The number of alkyl halides is 6. The first-order chi connectivity index (χ1) is 9.11. The Morgan fingerprint density at radius 3 is 1.50 bits per heavy atom. The van der Waals surface area contributed by atoms with Crippen LogP contribution in [-0.2, 0) is 0 Å². The summed E-state index contributed by atoms with van der Waals surface area (Å²) in [5, 5.41) is 0.700. The Balaban J connectivity index is 1.98. The Morgan fingerprint density at radius 2 is 1.15 bits per heavy atom. The molecule has 8 atom stereocenters. The van der Waals surface area contributed by atoms with E-state index in [-0.39, 0.29) is 11.8 Å². The smallest absolute Gasteiger partial charge is 0.109 e. The van der Waals surface area contributed by atoms with Gasteiger partial charge in [-0.1, -0.05) is 91.6 Å². The second kappa shape index (κ2) is 4.56. The summed E-state index contributed by atoms with van der Waals surface area (Å²) < 4.78 is -0.273. The van der Waals surface area contributed by atoms with Gasteiger partial charge in [0.25, 0.3) is 0 Å². The monoisotopic (exact) mass is 616 g/mol. The molecule has 112 valence electrons. The highest BCUT2D eigenvalue weighted by molar-refractivity contribution is 14.1. The minimum Gasteiger partial charge on any atom is -0.109 e. The average molecular weight is 619 g/mol. The number of halogens is 8. The Labute approximate surface area is 174 Å². The summed E-state index contributed by atoms with van der Waals surface area (Å²) in [5.74, 6) is 1.09. The molecule has 0 nitrogen and oxygen atoms in total. The summed E-state index contributed by atoms with van der Waals surface area (Å²) in [6.07, 6.45) is 1.11. The predicted molar refractivity (Wildman–Crippen MR) is 105 cm³/mol. The molecule has 0 spiro atoms. The van der Waals surface area contributed by atoms with Crippen molar-refractivity contribution in [2.45, 2.75) is 28.4 Å². The number of hydrogen-bond donors (Lipinski definition) is 0. The summed E-state index contributed by atoms with van der Waals surface area (Å²) in [7, 11) is 0. The van der Waals surface area contributed by atoms with Crippen LogP contribution in [0.5, 0.6) is 0 Å². The van der Waals surface area contributed by atoms with Gasteiger partial charge in [-0.15, -0.1) is 23.2 Å². The molecule has 3 fully saturated rings. The lowest BCUT2D eigenvalue weighted by Crippen LogP contribution is -2.46. The van der Waals surface area contributed by atoms with Crippen LogP contribution >= 0.6 is 115 Å². The van der Waals surface area contributed by atoms with Crippen LogP contribution in [0.15, 0.2) is 10.1 Å². The van der Waals surface area contributed by atoms with E-state index in [1.165, 1.54) is 0 Å². The normalized spacial score (nSPS) is 62.4. The van der Waals surface area contributed by atoms with Gasteiger partial charge in [-0.05, 0) is 30.1 Å². The first-order valence-electron chi connectivity index (χ1n) is 6.21. The fourth-order valence-corrected chi connectivity index (χ4v) is 10.6. The standard InChI is InChI=1S/C12H8Cl6I2/c13-8-9(14)11(16)5-3-1-2(6(19)7(3)20)4(5)10(8,15)12(11,17)18/h2-7H,1H2/t2-,3+,4-,5+,6+,7-,10-,11-/m0/s1. The topological polar surface area (TPSA) is 0 Å². The third-order valence-corrected chi connectivity index (χ3v) is 14.7. The van der Waals surface area contributed by atoms with Gasteiger partial charge in [0.15, 0.2) is 4.33 Å². The zero-order chi connectivity index (χ0) is 14.8. The minimum atomic E-state index is -1.36. The van der Waals surface area contributed by atoms with E-state index in [1.807, 2.05) is 0 Å². The van der Waals surface area contributed by atoms with Crippen LogP contribution in [0.1, 0.15) is 6.42 Å². The minimum absolute atomic E-state index is 0.101. The Kier molecular flexibility index (Phi) is 3.74. The largest absolute Gasteiger partial charge is 0.166 e. The van der Waals surface area contributed by atoms with E-state index in [9.17, 15) is 0 Å². The van der Waals surface area contributed by atoms with Crippen LogP contribution in [0.3, 0.4) is 0 Å². The van der Waals surface area contributed by atoms with Gasteiger partial charge in [-0.25, -0.2) is 0 Å². The van der Waals surface area contributed by atoms with Crippen molar-refractivity contribution in [1.29, 1.82) is 0 Å². The lowest BCUT2D eigenvalue weighted by atomic mass is 9.72. The molecule has 0 aromatic heterocycles. The quantitative estimate of drug-likeness (QED) is 0.169. The van der Waals surface area contributed by atoms with Crippen LogP contribution in [-0.4, -0.2) is 21.9 Å². The maximum absolute atomic E-state index is 6.90. The van der Waals surface area contributed by atoms with Gasteiger partial charge in [0.05, 0.1) is 10.1 Å². The highest BCUT2D eigenvalue weighted by Gasteiger charge is 2.87. The lowest BCUT2D eigenvalue weighted by molar-refractivity contribution is 0.238. The van der Waals surface area contributed by atoms with Crippen molar-refractivity contribution < 1.29 is 0 Å². The summed E-state index contributed by atoms with van der Waals surface area (Å²) >= 11 is 45.0. The second-order valence-electron chi connectivity index (χ2n) is 6.13. The van der Waals surface area contributed by atoms with Crippen molar-refractivity contribution in [2.75, 3.05) is 0 Å². The van der Waals surface area contributed by atoms with E-state index in [0.717, 1.165) is 6.42 Å². The molecule has 4 rings (SSSR count). The maximum Gasteiger partial charge on any atom is 0.166 e. The molecule has 4 bridgehead atoms. The molecule has 0 saturated heterocycles. The summed E-state index contributed by atoms with van der Waals surface area (Å²) in [5.41, 5.74) is 0. The predicted octanol–water partition coefficient (Wildman–Crippen LogP) is 6.32. The van der Waals surface area contributed by atoms with Crippen molar-refractivity contribution in [3.05, 3.63) is 10.1 Å². The zero-order valence-electron chi connectivity index (χ0n) is 9.69. The molecule has 0 aromatic carbocycles. The molecule has 8 heteroatoms. The maximum atomic E-state index is 6.90. The molecule has 0 aliphatic heterocycles. The number of allylic oxidation sites excluding steroid dienone is 2. The molecule has 4 aliphatic carbocycles. The Morgan fingerprint density at radius 1 is 0.800 bits per heavy atom. The van der Waals surface area contributed by atoms with Gasteiger partial charge < -0.3 is 0 Å². The van der Waals surface area contributed by atoms with Crippen LogP contribution < -0.4 is 0 Å². The van der Waals surface area contributed by atoms with Crippen LogP contribution in [0.4, 0.5) is 0 Å². The summed E-state index contributed by atoms with van der Waals surface area (Å²) in [4.78, 5) is -2.11. The summed E-state index contributed by atoms with van der Waals surface area (Å²) in [6, 6.07) is 0. The van der Waals surface area contributed by atoms with Crippen molar-refractivity contribution >= 4 is 115 Å². The molecular weight excluding hydrogens is 611 g/mol. The molecular formula is C12H8Cl6I2. The van der Waals surface area contributed by atoms with Gasteiger partial charge in [-0.3, -0.25) is 0 Å². The van der Waals surface area contributed by atoms with Gasteiger partial charge in [-0.2, -0.15) is 0 Å². The fourth-order valence-electron chi connectivity index (χ4n) is 4.92. The van der Waals surface area contributed by atoms with E-state index in [2.05, 4.69) is 45.2 Å². The molecule has 0 N–H and O–H groups in total. The van der Waals surface area contributed by atoms with Crippen LogP contribution in [0.25, 0.3) is 0 Å². The average Bonchev–Trinajstić information content (AvgIpc) is 2.97. The highest BCUT2D eigenvalue weighted by atomic mass is 127. The number of fused-ring (bicyclic) bond motifs is 9. The van der Waals surface area contributed by atoms with Crippen LogP contribution in [0, 0.1) is 23.7 Å². The molecule has 0 amide bonds.